The lowest BCUT2D eigenvalue weighted by Gasteiger charge is -2.29. The van der Waals surface area contributed by atoms with Crippen LogP contribution < -0.4 is 10.6 Å². The molecule has 1 aromatic carbocycles. The second-order valence-corrected chi connectivity index (χ2v) is 8.23. The van der Waals surface area contributed by atoms with Crippen LogP contribution in [-0.2, 0) is 14.6 Å². The van der Waals surface area contributed by atoms with Crippen LogP contribution in [0.15, 0.2) is 23.1 Å². The van der Waals surface area contributed by atoms with Gasteiger partial charge in [0, 0.05) is 12.3 Å². The summed E-state index contributed by atoms with van der Waals surface area (Å²) in [5.74, 6) is -0.522. The maximum atomic E-state index is 13.7. The molecule has 1 fully saturated rings. The molecule has 128 valence electrons. The Hall–Kier alpha value is -1.47. The number of halogens is 1. The third-order valence-corrected chi connectivity index (χ3v) is 5.39. The first-order valence-electron chi connectivity index (χ1n) is 7.80. The van der Waals surface area contributed by atoms with Crippen LogP contribution in [0.25, 0.3) is 0 Å². The summed E-state index contributed by atoms with van der Waals surface area (Å²) >= 11 is 0. The van der Waals surface area contributed by atoms with E-state index in [0.717, 1.165) is 37.7 Å². The minimum atomic E-state index is -3.45. The number of hydrogen-bond acceptors (Lipinski definition) is 4. The number of sulfone groups is 1. The zero-order valence-electron chi connectivity index (χ0n) is 13.4. The predicted molar refractivity (Wildman–Crippen MR) is 87.6 cm³/mol. The van der Waals surface area contributed by atoms with E-state index >= 15 is 0 Å². The lowest BCUT2D eigenvalue weighted by atomic mass is 9.86. The topological polar surface area (TPSA) is 75.3 Å². The molecule has 1 amide bonds. The summed E-state index contributed by atoms with van der Waals surface area (Å²) < 4.78 is 36.8. The molecule has 0 saturated heterocycles. The van der Waals surface area contributed by atoms with Crippen LogP contribution in [0, 0.1) is 11.7 Å². The van der Waals surface area contributed by atoms with Gasteiger partial charge in [0.25, 0.3) is 0 Å². The van der Waals surface area contributed by atoms with Crippen LogP contribution in [0.3, 0.4) is 0 Å². The molecule has 0 unspecified atom stereocenters. The van der Waals surface area contributed by atoms with Gasteiger partial charge in [-0.15, -0.1) is 0 Å². The highest BCUT2D eigenvalue weighted by Crippen LogP contribution is 2.23. The van der Waals surface area contributed by atoms with Gasteiger partial charge in [0.2, 0.25) is 5.91 Å². The number of amides is 1. The van der Waals surface area contributed by atoms with Crippen molar-refractivity contribution < 1.29 is 17.6 Å². The second-order valence-electron chi connectivity index (χ2n) is 6.21. The van der Waals surface area contributed by atoms with E-state index in [1.54, 1.807) is 0 Å². The van der Waals surface area contributed by atoms with Crippen molar-refractivity contribution in [3.63, 3.8) is 0 Å². The van der Waals surface area contributed by atoms with E-state index in [1.165, 1.54) is 12.5 Å². The van der Waals surface area contributed by atoms with Crippen molar-refractivity contribution in [2.75, 3.05) is 18.1 Å². The Morgan fingerprint density at radius 3 is 2.65 bits per heavy atom. The first-order valence-corrected chi connectivity index (χ1v) is 9.69. The lowest BCUT2D eigenvalue weighted by Crippen LogP contribution is -2.41. The van der Waals surface area contributed by atoms with Crippen molar-refractivity contribution in [2.24, 2.45) is 5.92 Å². The third kappa shape index (κ3) is 5.00. The van der Waals surface area contributed by atoms with E-state index in [9.17, 15) is 17.6 Å². The average molecular weight is 342 g/mol. The first-order chi connectivity index (χ1) is 10.8. The van der Waals surface area contributed by atoms with Gasteiger partial charge in [-0.2, -0.15) is 0 Å². The molecule has 0 aromatic heterocycles. The van der Waals surface area contributed by atoms with Crippen LogP contribution in [0.4, 0.5) is 10.1 Å². The van der Waals surface area contributed by atoms with Crippen molar-refractivity contribution >= 4 is 21.4 Å². The minimum absolute atomic E-state index is 0.0249. The van der Waals surface area contributed by atoms with Crippen LogP contribution in [-0.4, -0.2) is 33.2 Å². The summed E-state index contributed by atoms with van der Waals surface area (Å²) in [6, 6.07) is 3.66. The smallest absolute Gasteiger partial charge is 0.238 e. The fraction of sp³-hybridized carbons (Fsp3) is 0.562. The molecule has 1 aliphatic carbocycles. The molecule has 2 N–H and O–H groups in total. The zero-order valence-corrected chi connectivity index (χ0v) is 14.2. The molecular weight excluding hydrogens is 319 g/mol. The maximum Gasteiger partial charge on any atom is 0.238 e. The molecular formula is C16H23FN2O3S. The molecule has 7 heteroatoms. The molecule has 0 aliphatic heterocycles. The van der Waals surface area contributed by atoms with Gasteiger partial charge in [-0.25, -0.2) is 12.8 Å². The number of anilines is 1. The van der Waals surface area contributed by atoms with Crippen LogP contribution in [0.2, 0.25) is 0 Å². The van der Waals surface area contributed by atoms with Crippen molar-refractivity contribution in [1.29, 1.82) is 0 Å². The Balaban J connectivity index is 1.97. The molecule has 0 heterocycles. The van der Waals surface area contributed by atoms with Crippen molar-refractivity contribution in [3.8, 4) is 0 Å². The van der Waals surface area contributed by atoms with Crippen molar-refractivity contribution in [2.45, 2.75) is 43.5 Å². The Kier molecular flexibility index (Phi) is 5.75. The quantitative estimate of drug-likeness (QED) is 0.806. The van der Waals surface area contributed by atoms with Gasteiger partial charge in [0.1, 0.15) is 5.82 Å². The normalized spacial score (nSPS) is 21.9. The number of rotatable bonds is 5. The Bertz CT molecular complexity index is 676. The molecule has 23 heavy (non-hydrogen) atoms. The highest BCUT2D eigenvalue weighted by atomic mass is 32.2. The van der Waals surface area contributed by atoms with Gasteiger partial charge in [-0.1, -0.05) is 19.8 Å². The van der Waals surface area contributed by atoms with Crippen LogP contribution in [0.5, 0.6) is 0 Å². The number of carbonyl (C=O) groups excluding carboxylic acids is 1. The Labute approximate surface area is 136 Å². The SMILES string of the molecule is C[C@H]1CCCC[C@@H]1NCC(=O)Nc1cc(S(C)(=O)=O)ccc1F. The first kappa shape index (κ1) is 17.9. The predicted octanol–water partition coefficient (Wildman–Crippen LogP) is 2.34. The van der Waals surface area contributed by atoms with Crippen molar-refractivity contribution in [1.82, 2.24) is 5.32 Å². The molecule has 1 saturated carbocycles. The van der Waals surface area contributed by atoms with Gasteiger partial charge in [-0.3, -0.25) is 4.79 Å². The van der Waals surface area contributed by atoms with E-state index in [4.69, 9.17) is 0 Å². The average Bonchev–Trinajstić information content (AvgIpc) is 2.47. The lowest BCUT2D eigenvalue weighted by molar-refractivity contribution is -0.115. The molecule has 2 rings (SSSR count). The van der Waals surface area contributed by atoms with Gasteiger partial charge in [0.05, 0.1) is 17.1 Å². The fourth-order valence-corrected chi connectivity index (χ4v) is 3.52. The van der Waals surface area contributed by atoms with Gasteiger partial charge >= 0.3 is 0 Å². The fourth-order valence-electron chi connectivity index (χ4n) is 2.87. The summed E-state index contributed by atoms with van der Waals surface area (Å²) in [4.78, 5) is 12.0. The van der Waals surface area contributed by atoms with Gasteiger partial charge in [0.15, 0.2) is 9.84 Å². The van der Waals surface area contributed by atoms with Crippen LogP contribution >= 0.6 is 0 Å². The second kappa shape index (κ2) is 7.40. The summed E-state index contributed by atoms with van der Waals surface area (Å²) in [7, 11) is -3.45. The number of hydrogen-bond donors (Lipinski definition) is 2. The Morgan fingerprint density at radius 2 is 2.00 bits per heavy atom. The monoisotopic (exact) mass is 342 g/mol. The molecule has 0 spiro atoms. The third-order valence-electron chi connectivity index (χ3n) is 4.28. The largest absolute Gasteiger partial charge is 0.322 e. The van der Waals surface area contributed by atoms with Crippen molar-refractivity contribution in [3.05, 3.63) is 24.0 Å². The van der Waals surface area contributed by atoms with E-state index < -0.39 is 15.7 Å². The molecule has 1 aromatic rings. The zero-order chi connectivity index (χ0) is 17.0. The summed E-state index contributed by atoms with van der Waals surface area (Å²) in [5, 5.41) is 5.64. The van der Waals surface area contributed by atoms with Gasteiger partial charge < -0.3 is 10.6 Å². The van der Waals surface area contributed by atoms with E-state index in [1.807, 2.05) is 0 Å². The van der Waals surface area contributed by atoms with E-state index in [-0.39, 0.29) is 23.0 Å². The van der Waals surface area contributed by atoms with Gasteiger partial charge in [-0.05, 0) is 37.0 Å². The molecule has 1 aliphatic rings. The summed E-state index contributed by atoms with van der Waals surface area (Å²) in [6.45, 7) is 2.24. The highest BCUT2D eigenvalue weighted by Gasteiger charge is 2.21. The van der Waals surface area contributed by atoms with E-state index in [2.05, 4.69) is 17.6 Å². The van der Waals surface area contributed by atoms with Crippen LogP contribution in [0.1, 0.15) is 32.6 Å². The standard InChI is InChI=1S/C16H23FN2O3S/c1-11-5-3-4-6-14(11)18-10-16(20)19-15-9-12(23(2,21)22)7-8-13(15)17/h7-9,11,14,18H,3-6,10H2,1-2H3,(H,19,20)/t11-,14-/m0/s1. The molecule has 2 atom stereocenters. The maximum absolute atomic E-state index is 13.7. The number of carbonyl (C=O) groups is 1. The molecule has 0 bridgehead atoms. The highest BCUT2D eigenvalue weighted by molar-refractivity contribution is 7.90. The van der Waals surface area contributed by atoms with E-state index in [0.29, 0.717) is 12.0 Å². The Morgan fingerprint density at radius 1 is 1.30 bits per heavy atom. The summed E-state index contributed by atoms with van der Waals surface area (Å²) in [5.41, 5.74) is -0.114. The number of nitrogens with one attached hydrogen (secondary N) is 2. The molecule has 0 radical (unpaired) electrons. The minimum Gasteiger partial charge on any atom is -0.322 e. The summed E-state index contributed by atoms with van der Waals surface area (Å²) in [6.07, 6.45) is 5.58. The number of benzene rings is 1. The molecule has 5 nitrogen and oxygen atoms in total.